The third kappa shape index (κ3) is 4.06. The average molecular weight is 160 g/mol. The van der Waals surface area contributed by atoms with Gasteiger partial charge in [0.25, 0.3) is 0 Å². The van der Waals surface area contributed by atoms with Crippen LogP contribution in [0.4, 0.5) is 0 Å². The first-order valence-corrected chi connectivity index (χ1v) is 2.67. The Morgan fingerprint density at radius 1 is 1.64 bits per heavy atom. The number of rotatable bonds is 4. The smallest absolute Gasteiger partial charge is 0.324 e. The fourth-order valence-corrected chi connectivity index (χ4v) is 0.298. The van der Waals surface area contributed by atoms with E-state index >= 15 is 0 Å². The molecule has 0 fully saturated rings. The lowest BCUT2D eigenvalue weighted by atomic mass is 10.3. The molecule has 0 radical (unpaired) electrons. The van der Waals surface area contributed by atoms with Crippen molar-refractivity contribution in [2.24, 2.45) is 5.73 Å². The van der Waals surface area contributed by atoms with Crippen molar-refractivity contribution in [1.82, 2.24) is 5.06 Å². The van der Waals surface area contributed by atoms with Crippen LogP contribution in [-0.2, 0) is 9.59 Å². The van der Waals surface area contributed by atoms with Gasteiger partial charge in [0.2, 0.25) is 6.41 Å². The Hall–Kier alpha value is -1.40. The molecule has 0 bridgehead atoms. The van der Waals surface area contributed by atoms with E-state index in [0.717, 1.165) is 12.3 Å². The number of amides is 1. The molecule has 1 unspecified atom stereocenters. The highest BCUT2D eigenvalue weighted by Gasteiger charge is 2.05. The first-order chi connectivity index (χ1) is 5.07. The van der Waals surface area contributed by atoms with E-state index in [-0.39, 0.29) is 11.5 Å². The summed E-state index contributed by atoms with van der Waals surface area (Å²) in [4.78, 5) is 19.8. The van der Waals surface area contributed by atoms with Crippen LogP contribution in [0.3, 0.4) is 0 Å². The van der Waals surface area contributed by atoms with E-state index < -0.39 is 12.0 Å². The zero-order chi connectivity index (χ0) is 8.85. The number of nitrogens with zero attached hydrogens (tertiary/aromatic N) is 1. The molecule has 1 atom stereocenters. The van der Waals surface area contributed by atoms with Crippen molar-refractivity contribution in [2.45, 2.75) is 6.04 Å². The van der Waals surface area contributed by atoms with Crippen molar-refractivity contribution >= 4 is 12.4 Å². The third-order valence-electron chi connectivity index (χ3n) is 0.839. The molecule has 0 saturated carbocycles. The lowest BCUT2D eigenvalue weighted by Gasteiger charge is -2.01. The maximum Gasteiger partial charge on any atom is 0.324 e. The van der Waals surface area contributed by atoms with Crippen LogP contribution in [0.15, 0.2) is 12.3 Å². The van der Waals surface area contributed by atoms with Crippen molar-refractivity contribution < 1.29 is 19.9 Å². The molecule has 0 aromatic rings. The monoisotopic (exact) mass is 160 g/mol. The van der Waals surface area contributed by atoms with E-state index in [1.807, 2.05) is 0 Å². The standard InChI is InChI=1S/C5H8N2O4/c6-4(5(9)10)1-2-7(11)3-8/h1-4,11H,6H2,(H,9,10)/b2-1+. The molecule has 0 heterocycles. The highest BCUT2D eigenvalue weighted by Crippen LogP contribution is 1.83. The second kappa shape index (κ2) is 4.42. The average Bonchev–Trinajstić information content (AvgIpc) is 1.99. The van der Waals surface area contributed by atoms with Crippen LogP contribution in [0.5, 0.6) is 0 Å². The number of hydroxylamine groups is 2. The normalized spacial score (nSPS) is 12.9. The molecule has 0 rings (SSSR count). The molecule has 6 heteroatoms. The van der Waals surface area contributed by atoms with Gasteiger partial charge in [0.1, 0.15) is 6.04 Å². The summed E-state index contributed by atoms with van der Waals surface area (Å²) in [5.74, 6) is -1.24. The van der Waals surface area contributed by atoms with Gasteiger partial charge in [-0.25, -0.2) is 5.06 Å². The Balaban J connectivity index is 3.91. The van der Waals surface area contributed by atoms with Gasteiger partial charge in [0.15, 0.2) is 0 Å². The topological polar surface area (TPSA) is 104 Å². The molecule has 0 saturated heterocycles. The van der Waals surface area contributed by atoms with Crippen LogP contribution in [0.2, 0.25) is 0 Å². The van der Waals surface area contributed by atoms with Gasteiger partial charge in [-0.05, 0) is 6.08 Å². The summed E-state index contributed by atoms with van der Waals surface area (Å²) in [5.41, 5.74) is 4.98. The molecule has 4 N–H and O–H groups in total. The Kier molecular flexibility index (Phi) is 3.86. The van der Waals surface area contributed by atoms with E-state index in [9.17, 15) is 9.59 Å². The van der Waals surface area contributed by atoms with Crippen molar-refractivity contribution in [1.29, 1.82) is 0 Å². The number of hydrogen-bond acceptors (Lipinski definition) is 4. The highest BCUT2D eigenvalue weighted by molar-refractivity contribution is 5.75. The van der Waals surface area contributed by atoms with Gasteiger partial charge in [-0.3, -0.25) is 14.8 Å². The van der Waals surface area contributed by atoms with Crippen LogP contribution in [0, 0.1) is 0 Å². The third-order valence-corrected chi connectivity index (χ3v) is 0.839. The van der Waals surface area contributed by atoms with E-state index in [2.05, 4.69) is 0 Å². The van der Waals surface area contributed by atoms with Crippen LogP contribution in [0.1, 0.15) is 0 Å². The molecule has 0 aliphatic rings. The van der Waals surface area contributed by atoms with E-state index in [4.69, 9.17) is 16.0 Å². The number of carbonyl (C=O) groups is 2. The minimum absolute atomic E-state index is 0.102. The van der Waals surface area contributed by atoms with Gasteiger partial charge in [-0.2, -0.15) is 0 Å². The number of hydrogen-bond donors (Lipinski definition) is 3. The van der Waals surface area contributed by atoms with Gasteiger partial charge < -0.3 is 10.8 Å². The molecule has 1 amide bonds. The van der Waals surface area contributed by atoms with Gasteiger partial charge in [-0.1, -0.05) is 0 Å². The summed E-state index contributed by atoms with van der Waals surface area (Å²) in [6.07, 6.45) is 1.92. The molecule has 11 heavy (non-hydrogen) atoms. The maximum atomic E-state index is 10.0. The lowest BCUT2D eigenvalue weighted by Crippen LogP contribution is -2.28. The second-order valence-electron chi connectivity index (χ2n) is 1.69. The number of nitrogens with two attached hydrogens (primary N) is 1. The predicted molar refractivity (Wildman–Crippen MR) is 34.4 cm³/mol. The van der Waals surface area contributed by atoms with Crippen molar-refractivity contribution in [3.63, 3.8) is 0 Å². The summed E-state index contributed by atoms with van der Waals surface area (Å²) in [7, 11) is 0. The molecule has 0 aromatic heterocycles. The molecule has 6 nitrogen and oxygen atoms in total. The molecule has 0 spiro atoms. The largest absolute Gasteiger partial charge is 0.480 e. The first-order valence-electron chi connectivity index (χ1n) is 2.67. The van der Waals surface area contributed by atoms with Gasteiger partial charge in [0.05, 0.1) is 0 Å². The quantitative estimate of drug-likeness (QED) is 0.271. The van der Waals surface area contributed by atoms with Crippen LogP contribution in [-0.4, -0.2) is 33.8 Å². The van der Waals surface area contributed by atoms with Crippen molar-refractivity contribution in [3.05, 3.63) is 12.3 Å². The number of carbonyl (C=O) groups excluding carboxylic acids is 1. The SMILES string of the molecule is NC(/C=C/N(O)C=O)C(=O)O. The van der Waals surface area contributed by atoms with E-state index in [1.165, 1.54) is 0 Å². The number of carboxylic acids is 1. The molecular weight excluding hydrogens is 152 g/mol. The summed E-state index contributed by atoms with van der Waals surface area (Å²) in [5, 5.41) is 16.8. The predicted octanol–water partition coefficient (Wildman–Crippen LogP) is -1.24. The molecular formula is C5H8N2O4. The Morgan fingerprint density at radius 3 is 2.55 bits per heavy atom. The van der Waals surface area contributed by atoms with E-state index in [0.29, 0.717) is 0 Å². The Bertz CT molecular complexity index is 179. The number of carboxylic acid groups (broad SMARTS) is 1. The minimum atomic E-state index is -1.24. The van der Waals surface area contributed by atoms with E-state index in [1.54, 1.807) is 0 Å². The fraction of sp³-hybridized carbons (Fsp3) is 0.200. The van der Waals surface area contributed by atoms with Gasteiger partial charge in [-0.15, -0.1) is 0 Å². The van der Waals surface area contributed by atoms with Crippen molar-refractivity contribution in [3.8, 4) is 0 Å². The van der Waals surface area contributed by atoms with Crippen LogP contribution in [0.25, 0.3) is 0 Å². The Morgan fingerprint density at radius 2 is 2.18 bits per heavy atom. The molecule has 62 valence electrons. The fourth-order valence-electron chi connectivity index (χ4n) is 0.298. The second-order valence-corrected chi connectivity index (χ2v) is 1.69. The van der Waals surface area contributed by atoms with Gasteiger partial charge in [0, 0.05) is 6.20 Å². The lowest BCUT2D eigenvalue weighted by molar-refractivity contribution is -0.140. The van der Waals surface area contributed by atoms with Crippen molar-refractivity contribution in [2.75, 3.05) is 0 Å². The molecule has 0 aliphatic carbocycles. The summed E-state index contributed by atoms with van der Waals surface area (Å²) >= 11 is 0. The minimum Gasteiger partial charge on any atom is -0.480 e. The van der Waals surface area contributed by atoms with Crippen LogP contribution < -0.4 is 5.73 Å². The summed E-state index contributed by atoms with van der Waals surface area (Å²) in [6, 6.07) is -1.22. The first kappa shape index (κ1) is 9.60. The maximum absolute atomic E-state index is 10.0. The molecule has 0 aromatic carbocycles. The van der Waals surface area contributed by atoms with Crippen LogP contribution >= 0.6 is 0 Å². The van der Waals surface area contributed by atoms with Gasteiger partial charge >= 0.3 is 5.97 Å². The zero-order valence-corrected chi connectivity index (χ0v) is 5.54. The number of aliphatic carboxylic acids is 1. The summed E-state index contributed by atoms with van der Waals surface area (Å²) in [6.45, 7) is 0. The highest BCUT2D eigenvalue weighted by atomic mass is 16.5. The zero-order valence-electron chi connectivity index (χ0n) is 5.54. The molecule has 0 aliphatic heterocycles. The summed E-state index contributed by atoms with van der Waals surface area (Å²) < 4.78 is 0. The Labute approximate surface area is 62.5 Å².